The van der Waals surface area contributed by atoms with Crippen LogP contribution in [0.4, 0.5) is 0 Å². The van der Waals surface area contributed by atoms with Crippen LogP contribution in [0.3, 0.4) is 0 Å². The second kappa shape index (κ2) is 5.02. The lowest BCUT2D eigenvalue weighted by molar-refractivity contribution is 0.112. The van der Waals surface area contributed by atoms with E-state index < -0.39 is 0 Å². The van der Waals surface area contributed by atoms with Gasteiger partial charge in [-0.05, 0) is 24.1 Å². The topological polar surface area (TPSA) is 47.3 Å². The molecule has 2 aromatic heterocycles. The second-order valence-electron chi connectivity index (χ2n) is 4.40. The van der Waals surface area contributed by atoms with E-state index in [-0.39, 0.29) is 0 Å². The first-order valence-electron chi connectivity index (χ1n) is 6.19. The summed E-state index contributed by atoms with van der Waals surface area (Å²) in [6.45, 7) is 0. The van der Waals surface area contributed by atoms with Gasteiger partial charge in [-0.3, -0.25) is 4.79 Å². The van der Waals surface area contributed by atoms with E-state index in [1.165, 1.54) is 5.56 Å². The Morgan fingerprint density at radius 3 is 2.68 bits per heavy atom. The van der Waals surface area contributed by atoms with Crippen molar-refractivity contribution >= 4 is 11.9 Å². The number of carbonyl (C=O) groups excluding carboxylic acids is 1. The Morgan fingerprint density at radius 2 is 1.89 bits per heavy atom. The first-order chi connectivity index (χ1) is 9.35. The summed E-state index contributed by atoms with van der Waals surface area (Å²) >= 11 is 0. The van der Waals surface area contributed by atoms with Crippen LogP contribution in [0.1, 0.15) is 21.7 Å². The Balaban J connectivity index is 1.80. The van der Waals surface area contributed by atoms with Crippen molar-refractivity contribution in [2.75, 3.05) is 0 Å². The monoisotopic (exact) mass is 251 g/mol. The zero-order chi connectivity index (χ0) is 13.1. The highest BCUT2D eigenvalue weighted by Crippen LogP contribution is 2.07. The standard InChI is InChI=1S/C15H13N3O/c19-11-13-7-9-15-16-14(17-18(15)10-13)8-6-12-4-2-1-3-5-12/h1-5,7,9-11H,6,8H2. The zero-order valence-electron chi connectivity index (χ0n) is 10.4. The molecule has 0 radical (unpaired) electrons. The number of fused-ring (bicyclic) bond motifs is 1. The number of aldehydes is 1. The van der Waals surface area contributed by atoms with Gasteiger partial charge in [0.05, 0.1) is 0 Å². The molecule has 0 bridgehead atoms. The molecule has 0 atom stereocenters. The summed E-state index contributed by atoms with van der Waals surface area (Å²) in [5.41, 5.74) is 2.65. The van der Waals surface area contributed by atoms with Crippen molar-refractivity contribution in [3.8, 4) is 0 Å². The molecule has 3 aromatic rings. The van der Waals surface area contributed by atoms with Crippen LogP contribution in [-0.4, -0.2) is 20.9 Å². The van der Waals surface area contributed by atoms with E-state index in [4.69, 9.17) is 0 Å². The zero-order valence-corrected chi connectivity index (χ0v) is 10.4. The minimum Gasteiger partial charge on any atom is -0.298 e. The van der Waals surface area contributed by atoms with Crippen molar-refractivity contribution in [2.24, 2.45) is 0 Å². The molecule has 0 amide bonds. The van der Waals surface area contributed by atoms with Gasteiger partial charge in [0.1, 0.15) is 0 Å². The molecule has 3 rings (SSSR count). The highest BCUT2D eigenvalue weighted by Gasteiger charge is 2.04. The Bertz CT molecular complexity index is 704. The number of aromatic nitrogens is 3. The molecule has 4 heteroatoms. The Morgan fingerprint density at radius 1 is 1.05 bits per heavy atom. The lowest BCUT2D eigenvalue weighted by atomic mass is 10.1. The quantitative estimate of drug-likeness (QED) is 0.668. The maximum absolute atomic E-state index is 10.7. The fraction of sp³-hybridized carbons (Fsp3) is 0.133. The summed E-state index contributed by atoms with van der Waals surface area (Å²) in [4.78, 5) is 15.1. The van der Waals surface area contributed by atoms with Crippen molar-refractivity contribution in [1.82, 2.24) is 14.6 Å². The maximum atomic E-state index is 10.7. The fourth-order valence-electron chi connectivity index (χ4n) is 2.02. The number of hydrogen-bond donors (Lipinski definition) is 0. The molecule has 2 heterocycles. The smallest absolute Gasteiger partial charge is 0.155 e. The first-order valence-corrected chi connectivity index (χ1v) is 6.19. The van der Waals surface area contributed by atoms with E-state index in [0.717, 1.165) is 30.6 Å². The predicted octanol–water partition coefficient (Wildman–Crippen LogP) is 2.33. The van der Waals surface area contributed by atoms with Gasteiger partial charge >= 0.3 is 0 Å². The van der Waals surface area contributed by atoms with Crippen molar-refractivity contribution < 1.29 is 4.79 Å². The summed E-state index contributed by atoms with van der Waals surface area (Å²) in [6.07, 6.45) is 4.21. The van der Waals surface area contributed by atoms with E-state index >= 15 is 0 Å². The number of benzene rings is 1. The molecule has 0 fully saturated rings. The molecule has 0 aliphatic carbocycles. The van der Waals surface area contributed by atoms with Gasteiger partial charge in [-0.2, -0.15) is 5.10 Å². The fourth-order valence-corrected chi connectivity index (χ4v) is 2.02. The first kappa shape index (κ1) is 11.6. The molecule has 4 nitrogen and oxygen atoms in total. The summed E-state index contributed by atoms with van der Waals surface area (Å²) < 4.78 is 1.66. The van der Waals surface area contributed by atoms with Crippen LogP contribution in [0, 0.1) is 0 Å². The van der Waals surface area contributed by atoms with E-state index in [0.29, 0.717) is 5.56 Å². The van der Waals surface area contributed by atoms with Crippen LogP contribution in [0.5, 0.6) is 0 Å². The average Bonchev–Trinajstić information content (AvgIpc) is 2.88. The second-order valence-corrected chi connectivity index (χ2v) is 4.40. The van der Waals surface area contributed by atoms with Gasteiger partial charge in [0, 0.05) is 18.2 Å². The van der Waals surface area contributed by atoms with E-state index in [1.807, 2.05) is 24.3 Å². The largest absolute Gasteiger partial charge is 0.298 e. The van der Waals surface area contributed by atoms with E-state index in [2.05, 4.69) is 22.2 Å². The third kappa shape index (κ3) is 2.52. The molecule has 0 unspecified atom stereocenters. The Hall–Kier alpha value is -2.49. The lowest BCUT2D eigenvalue weighted by Gasteiger charge is -1.96. The van der Waals surface area contributed by atoms with Gasteiger partial charge < -0.3 is 0 Å². The molecule has 94 valence electrons. The van der Waals surface area contributed by atoms with Crippen molar-refractivity contribution in [1.29, 1.82) is 0 Å². The molecule has 0 aliphatic heterocycles. The van der Waals surface area contributed by atoms with Gasteiger partial charge in [-0.15, -0.1) is 0 Å². The normalized spacial score (nSPS) is 10.7. The van der Waals surface area contributed by atoms with Crippen molar-refractivity contribution in [3.05, 3.63) is 65.6 Å². The summed E-state index contributed by atoms with van der Waals surface area (Å²) in [5.74, 6) is 0.798. The molecular formula is C15H13N3O. The number of pyridine rings is 1. The summed E-state index contributed by atoms with van der Waals surface area (Å²) in [7, 11) is 0. The van der Waals surface area contributed by atoms with Gasteiger partial charge in [0.2, 0.25) is 0 Å². The van der Waals surface area contributed by atoms with Crippen molar-refractivity contribution in [2.45, 2.75) is 12.8 Å². The third-order valence-electron chi connectivity index (χ3n) is 3.01. The molecule has 0 saturated heterocycles. The highest BCUT2D eigenvalue weighted by atomic mass is 16.1. The predicted molar refractivity (Wildman–Crippen MR) is 72.2 cm³/mol. The SMILES string of the molecule is O=Cc1ccc2nc(CCc3ccccc3)nn2c1. The van der Waals surface area contributed by atoms with Crippen LogP contribution in [0.2, 0.25) is 0 Å². The van der Waals surface area contributed by atoms with E-state index in [9.17, 15) is 4.79 Å². The number of nitrogens with zero attached hydrogens (tertiary/aromatic N) is 3. The molecule has 0 N–H and O–H groups in total. The number of aryl methyl sites for hydroxylation is 2. The number of hydrogen-bond acceptors (Lipinski definition) is 3. The van der Waals surface area contributed by atoms with E-state index in [1.54, 1.807) is 16.8 Å². The number of carbonyl (C=O) groups is 1. The lowest BCUT2D eigenvalue weighted by Crippen LogP contribution is -1.94. The molecule has 0 saturated carbocycles. The highest BCUT2D eigenvalue weighted by molar-refractivity contribution is 5.74. The molecule has 0 spiro atoms. The number of rotatable bonds is 4. The van der Waals surface area contributed by atoms with Crippen LogP contribution in [0.25, 0.3) is 5.65 Å². The molecule has 19 heavy (non-hydrogen) atoms. The summed E-state index contributed by atoms with van der Waals surface area (Å²) in [6, 6.07) is 13.8. The Labute approximate surface area is 110 Å². The van der Waals surface area contributed by atoms with Gasteiger partial charge in [-0.25, -0.2) is 9.50 Å². The Kier molecular flexibility index (Phi) is 3.06. The van der Waals surface area contributed by atoms with Crippen LogP contribution >= 0.6 is 0 Å². The van der Waals surface area contributed by atoms with Gasteiger partial charge in [0.25, 0.3) is 0 Å². The molecule has 1 aromatic carbocycles. The minimum atomic E-state index is 0.604. The van der Waals surface area contributed by atoms with Gasteiger partial charge in [-0.1, -0.05) is 30.3 Å². The maximum Gasteiger partial charge on any atom is 0.155 e. The van der Waals surface area contributed by atoms with Crippen LogP contribution in [-0.2, 0) is 12.8 Å². The minimum absolute atomic E-state index is 0.604. The third-order valence-corrected chi connectivity index (χ3v) is 3.01. The van der Waals surface area contributed by atoms with Gasteiger partial charge in [0.15, 0.2) is 17.8 Å². The summed E-state index contributed by atoms with van der Waals surface area (Å²) in [5, 5.41) is 4.38. The average molecular weight is 251 g/mol. The van der Waals surface area contributed by atoms with Crippen molar-refractivity contribution in [3.63, 3.8) is 0 Å². The van der Waals surface area contributed by atoms with Crippen LogP contribution < -0.4 is 0 Å². The van der Waals surface area contributed by atoms with Crippen LogP contribution in [0.15, 0.2) is 48.7 Å². The molecular weight excluding hydrogens is 238 g/mol. The molecule has 0 aliphatic rings.